The summed E-state index contributed by atoms with van der Waals surface area (Å²) >= 11 is 0. The Hall–Kier alpha value is -1.93. The first-order valence-electron chi connectivity index (χ1n) is 6.84. The predicted molar refractivity (Wildman–Crippen MR) is 85.8 cm³/mol. The van der Waals surface area contributed by atoms with Gasteiger partial charge in [0.05, 0.1) is 11.1 Å². The summed E-state index contributed by atoms with van der Waals surface area (Å²) in [6.07, 6.45) is 0. The molecule has 0 atom stereocenters. The van der Waals surface area contributed by atoms with Crippen molar-refractivity contribution in [3.63, 3.8) is 0 Å². The molecule has 0 bridgehead atoms. The number of carbonyl (C=O) groups is 2. The number of hydrogen-bond donors (Lipinski definition) is 2. The van der Waals surface area contributed by atoms with Gasteiger partial charge in [0.25, 0.3) is 0 Å². The molecule has 0 radical (unpaired) electrons. The van der Waals surface area contributed by atoms with Crippen LogP contribution in [-0.4, -0.2) is 22.2 Å². The third-order valence-electron chi connectivity index (χ3n) is 3.67. The Bertz CT molecular complexity index is 647. The van der Waals surface area contributed by atoms with Gasteiger partial charge in [-0.25, -0.2) is 9.59 Å². The summed E-state index contributed by atoms with van der Waals surface area (Å²) in [7, 11) is 0. The van der Waals surface area contributed by atoms with Gasteiger partial charge in [-0.15, -0.1) is 0 Å². The molecule has 2 rings (SSSR count). The molecule has 4 nitrogen and oxygen atoms in total. The Morgan fingerprint density at radius 1 is 0.696 bits per heavy atom. The normalized spacial score (nSPS) is 9.22. The van der Waals surface area contributed by atoms with Crippen molar-refractivity contribution in [2.45, 2.75) is 27.7 Å². The molecule has 0 amide bonds. The van der Waals surface area contributed by atoms with E-state index in [1.165, 1.54) is 0 Å². The van der Waals surface area contributed by atoms with E-state index in [1.54, 1.807) is 24.3 Å². The number of benzene rings is 2. The van der Waals surface area contributed by atoms with Gasteiger partial charge in [0, 0.05) is 21.1 Å². The van der Waals surface area contributed by atoms with Gasteiger partial charge in [0.2, 0.25) is 0 Å². The van der Waals surface area contributed by atoms with Gasteiger partial charge in [-0.1, -0.05) is 24.3 Å². The van der Waals surface area contributed by atoms with Crippen molar-refractivity contribution in [1.29, 1.82) is 0 Å². The minimum Gasteiger partial charge on any atom is -0.478 e. The van der Waals surface area contributed by atoms with Crippen LogP contribution in [0.4, 0.5) is 0 Å². The van der Waals surface area contributed by atoms with E-state index in [0.29, 0.717) is 11.1 Å². The van der Waals surface area contributed by atoms with Crippen molar-refractivity contribution >= 4 is 11.9 Å². The van der Waals surface area contributed by atoms with Crippen molar-refractivity contribution in [3.05, 3.63) is 69.8 Å². The maximum absolute atomic E-state index is 10.6. The quantitative estimate of drug-likeness (QED) is 0.661. The van der Waals surface area contributed by atoms with Crippen molar-refractivity contribution in [2.24, 2.45) is 0 Å². The zero-order chi connectivity index (χ0) is 16.9. The fraction of sp³-hybridized carbons (Fsp3) is 0.222. The van der Waals surface area contributed by atoms with Crippen LogP contribution in [0.1, 0.15) is 43.0 Å². The second-order valence-corrected chi connectivity index (χ2v) is 5.11. The molecule has 0 saturated carbocycles. The Morgan fingerprint density at radius 3 is 1.22 bits per heavy atom. The van der Waals surface area contributed by atoms with Gasteiger partial charge in [-0.2, -0.15) is 0 Å². The molecule has 0 aliphatic rings. The average Bonchev–Trinajstić information content (AvgIpc) is 2.45. The van der Waals surface area contributed by atoms with Crippen LogP contribution in [-0.2, 0) is 21.1 Å². The number of carboxylic acid groups (broad SMARTS) is 2. The molecule has 2 aromatic rings. The molecule has 5 heteroatoms. The van der Waals surface area contributed by atoms with E-state index in [9.17, 15) is 9.59 Å². The van der Waals surface area contributed by atoms with Crippen molar-refractivity contribution in [1.82, 2.24) is 0 Å². The second-order valence-electron chi connectivity index (χ2n) is 5.11. The first-order valence-corrected chi connectivity index (χ1v) is 6.84. The first-order chi connectivity index (χ1) is 10.3. The van der Waals surface area contributed by atoms with E-state index in [1.807, 2.05) is 39.8 Å². The van der Waals surface area contributed by atoms with E-state index >= 15 is 0 Å². The summed E-state index contributed by atoms with van der Waals surface area (Å²) in [5, 5.41) is 17.4. The third-order valence-corrected chi connectivity index (χ3v) is 3.67. The van der Waals surface area contributed by atoms with Crippen LogP contribution in [0.15, 0.2) is 36.4 Å². The van der Waals surface area contributed by atoms with Gasteiger partial charge in [-0.3, -0.25) is 0 Å². The molecule has 2 aromatic carbocycles. The fourth-order valence-electron chi connectivity index (χ4n) is 1.97. The van der Waals surface area contributed by atoms with E-state index in [0.717, 1.165) is 22.3 Å². The third kappa shape index (κ3) is 5.64. The first kappa shape index (κ1) is 21.1. The summed E-state index contributed by atoms with van der Waals surface area (Å²) in [4.78, 5) is 21.1. The molecule has 0 spiro atoms. The van der Waals surface area contributed by atoms with Crippen LogP contribution in [0.25, 0.3) is 0 Å². The fourth-order valence-corrected chi connectivity index (χ4v) is 1.97. The Morgan fingerprint density at radius 2 is 1.00 bits per heavy atom. The van der Waals surface area contributed by atoms with Crippen LogP contribution in [0.3, 0.4) is 0 Å². The molecule has 0 unspecified atom stereocenters. The second kappa shape index (κ2) is 9.26. The molecule has 0 aliphatic carbocycles. The number of aromatic carboxylic acids is 2. The van der Waals surface area contributed by atoms with Crippen molar-refractivity contribution in [2.75, 3.05) is 0 Å². The molecular weight excluding hydrogens is 475 g/mol. The van der Waals surface area contributed by atoms with Gasteiger partial charge < -0.3 is 10.2 Å². The number of carboxylic acids is 2. The topological polar surface area (TPSA) is 74.6 Å². The van der Waals surface area contributed by atoms with Gasteiger partial charge >= 0.3 is 11.9 Å². The maximum Gasteiger partial charge on any atom is 0.335 e. The molecule has 0 heterocycles. The summed E-state index contributed by atoms with van der Waals surface area (Å²) in [5.74, 6) is -1.71. The maximum atomic E-state index is 10.6. The van der Waals surface area contributed by atoms with E-state index in [2.05, 4.69) is 0 Å². The monoisotopic (exact) mass is 495 g/mol. The van der Waals surface area contributed by atoms with Gasteiger partial charge in [-0.05, 0) is 62.1 Å². The zero-order valence-electron chi connectivity index (χ0n) is 13.5. The van der Waals surface area contributed by atoms with Crippen LogP contribution in [0.2, 0.25) is 0 Å². The van der Waals surface area contributed by atoms with Crippen LogP contribution < -0.4 is 0 Å². The largest absolute Gasteiger partial charge is 0.478 e. The molecule has 0 fully saturated rings. The summed E-state index contributed by atoms with van der Waals surface area (Å²) in [6, 6.07) is 10.6. The van der Waals surface area contributed by atoms with Gasteiger partial charge in [0.15, 0.2) is 0 Å². The SMILES string of the molecule is Cc1cccc(C(=O)O)c1C.Cc1cccc(C(=O)O)c1C.[Pt]. The summed E-state index contributed by atoms with van der Waals surface area (Å²) in [6.45, 7) is 7.45. The minimum absolute atomic E-state index is 0. The van der Waals surface area contributed by atoms with E-state index in [-0.39, 0.29) is 21.1 Å². The molecule has 0 aromatic heterocycles. The minimum atomic E-state index is -0.855. The molecule has 2 N–H and O–H groups in total. The molecular formula is C18H20O4Pt. The Labute approximate surface area is 150 Å². The summed E-state index contributed by atoms with van der Waals surface area (Å²) < 4.78 is 0. The number of aryl methyl sites for hydroxylation is 2. The average molecular weight is 495 g/mol. The van der Waals surface area contributed by atoms with E-state index < -0.39 is 11.9 Å². The van der Waals surface area contributed by atoms with Gasteiger partial charge in [0.1, 0.15) is 0 Å². The van der Waals surface area contributed by atoms with Crippen molar-refractivity contribution in [3.8, 4) is 0 Å². The molecule has 23 heavy (non-hydrogen) atoms. The van der Waals surface area contributed by atoms with Crippen LogP contribution >= 0.6 is 0 Å². The standard InChI is InChI=1S/2C9H10O2.Pt/c2*1-6-4-3-5-8(7(6)2)9(10)11;/h2*3-5H,1-2H3,(H,10,11);. The summed E-state index contributed by atoms with van der Waals surface area (Å²) in [5.41, 5.74) is 4.52. The Balaban J connectivity index is 0.000000403. The van der Waals surface area contributed by atoms with Crippen LogP contribution in [0, 0.1) is 27.7 Å². The Kier molecular flexibility index (Phi) is 8.48. The number of rotatable bonds is 2. The van der Waals surface area contributed by atoms with Crippen molar-refractivity contribution < 1.29 is 40.9 Å². The smallest absolute Gasteiger partial charge is 0.335 e. The molecule has 126 valence electrons. The zero-order valence-corrected chi connectivity index (χ0v) is 15.8. The van der Waals surface area contributed by atoms with E-state index in [4.69, 9.17) is 10.2 Å². The predicted octanol–water partition coefficient (Wildman–Crippen LogP) is 4.00. The van der Waals surface area contributed by atoms with Crippen LogP contribution in [0.5, 0.6) is 0 Å². The molecule has 0 saturated heterocycles. The molecule has 0 aliphatic heterocycles. The number of hydrogen-bond acceptors (Lipinski definition) is 2.